The third-order valence-electron chi connectivity index (χ3n) is 5.75. The molecule has 0 radical (unpaired) electrons. The quantitative estimate of drug-likeness (QED) is 0.659. The van der Waals surface area contributed by atoms with Crippen molar-refractivity contribution >= 4 is 0 Å². The van der Waals surface area contributed by atoms with Crippen molar-refractivity contribution in [3.05, 3.63) is 0 Å². The summed E-state index contributed by atoms with van der Waals surface area (Å²) in [5, 5.41) is 24.1. The number of hydrogen-bond acceptors (Lipinski definition) is 4. The minimum Gasteiger partial charge on any atom is -0.392 e. The van der Waals surface area contributed by atoms with E-state index in [4.69, 9.17) is 0 Å². The Morgan fingerprint density at radius 3 is 2.27 bits per heavy atom. The second-order valence-corrected chi connectivity index (χ2v) is 8.40. The van der Waals surface area contributed by atoms with E-state index in [1.54, 1.807) is 0 Å². The van der Waals surface area contributed by atoms with Gasteiger partial charge in [-0.05, 0) is 57.4 Å². The van der Waals surface area contributed by atoms with E-state index in [0.717, 1.165) is 25.9 Å². The van der Waals surface area contributed by atoms with Gasteiger partial charge in [0.2, 0.25) is 0 Å². The Labute approximate surface area is 136 Å². The zero-order valence-corrected chi connectivity index (χ0v) is 14.9. The molecule has 0 aromatic carbocycles. The fourth-order valence-corrected chi connectivity index (χ4v) is 4.33. The van der Waals surface area contributed by atoms with Crippen molar-refractivity contribution in [2.24, 2.45) is 11.3 Å². The number of nitrogens with zero attached hydrogens (tertiary/aromatic N) is 1. The van der Waals surface area contributed by atoms with Gasteiger partial charge in [-0.15, -0.1) is 0 Å². The molecule has 3 N–H and O–H groups in total. The van der Waals surface area contributed by atoms with Gasteiger partial charge in [-0.1, -0.05) is 26.7 Å². The van der Waals surface area contributed by atoms with E-state index < -0.39 is 12.3 Å². The topological polar surface area (TPSA) is 55.7 Å². The van der Waals surface area contributed by atoms with Crippen LogP contribution in [0, 0.1) is 11.3 Å². The van der Waals surface area contributed by atoms with Crippen LogP contribution in [0.25, 0.3) is 0 Å². The van der Waals surface area contributed by atoms with Gasteiger partial charge in [0.25, 0.3) is 0 Å². The SMILES string of the molecule is C[C@H]([C@H](N[C@@H](O)C1CCCC1)[C@@H](C)O)N1CCCC(C)(C)C1. The van der Waals surface area contributed by atoms with Gasteiger partial charge in [0.05, 0.1) is 12.1 Å². The van der Waals surface area contributed by atoms with Crippen molar-refractivity contribution in [2.75, 3.05) is 13.1 Å². The Balaban J connectivity index is 1.97. The van der Waals surface area contributed by atoms with Gasteiger partial charge < -0.3 is 10.2 Å². The first-order valence-corrected chi connectivity index (χ1v) is 9.16. The maximum absolute atomic E-state index is 10.5. The van der Waals surface area contributed by atoms with Gasteiger partial charge in [0.1, 0.15) is 6.23 Å². The first-order valence-electron chi connectivity index (χ1n) is 9.16. The second kappa shape index (κ2) is 7.61. The van der Waals surface area contributed by atoms with E-state index in [0.29, 0.717) is 11.3 Å². The Morgan fingerprint density at radius 2 is 1.73 bits per heavy atom. The molecule has 0 spiro atoms. The molecule has 0 unspecified atom stereocenters. The average Bonchev–Trinajstić information content (AvgIpc) is 2.96. The Bertz CT molecular complexity index is 340. The van der Waals surface area contributed by atoms with Gasteiger partial charge in [0, 0.05) is 12.6 Å². The summed E-state index contributed by atoms with van der Waals surface area (Å²) in [7, 11) is 0. The summed E-state index contributed by atoms with van der Waals surface area (Å²) in [6.45, 7) is 10.8. The lowest BCUT2D eigenvalue weighted by molar-refractivity contribution is -0.00738. The molecule has 1 saturated carbocycles. The summed E-state index contributed by atoms with van der Waals surface area (Å²) in [6, 6.07) is 0.153. The molecular formula is C18H36N2O2. The minimum absolute atomic E-state index is 0.0792. The Hall–Kier alpha value is -0.160. The van der Waals surface area contributed by atoms with Crippen LogP contribution in [0.5, 0.6) is 0 Å². The predicted octanol–water partition coefficient (Wildman–Crippen LogP) is 2.34. The number of piperidine rings is 1. The molecule has 0 aromatic rings. The highest BCUT2D eigenvalue weighted by molar-refractivity contribution is 4.91. The van der Waals surface area contributed by atoms with Crippen molar-refractivity contribution in [1.82, 2.24) is 10.2 Å². The monoisotopic (exact) mass is 312 g/mol. The summed E-state index contributed by atoms with van der Waals surface area (Å²) in [5.41, 5.74) is 0.347. The van der Waals surface area contributed by atoms with Crippen LogP contribution < -0.4 is 5.32 Å². The average molecular weight is 312 g/mol. The van der Waals surface area contributed by atoms with E-state index in [1.165, 1.54) is 25.7 Å². The summed E-state index contributed by atoms with van der Waals surface area (Å²) in [6.07, 6.45) is 6.19. The zero-order valence-electron chi connectivity index (χ0n) is 14.9. The molecule has 4 heteroatoms. The van der Waals surface area contributed by atoms with Crippen LogP contribution >= 0.6 is 0 Å². The van der Waals surface area contributed by atoms with E-state index >= 15 is 0 Å². The molecule has 1 aliphatic carbocycles. The van der Waals surface area contributed by atoms with Gasteiger partial charge in [-0.25, -0.2) is 0 Å². The smallest absolute Gasteiger partial charge is 0.108 e. The summed E-state index contributed by atoms with van der Waals surface area (Å²) < 4.78 is 0. The lowest BCUT2D eigenvalue weighted by Crippen LogP contribution is -2.59. The zero-order chi connectivity index (χ0) is 16.3. The molecule has 0 amide bonds. The lowest BCUT2D eigenvalue weighted by Gasteiger charge is -2.45. The van der Waals surface area contributed by atoms with Crippen LogP contribution in [0.3, 0.4) is 0 Å². The van der Waals surface area contributed by atoms with Crippen LogP contribution in [-0.2, 0) is 0 Å². The van der Waals surface area contributed by atoms with Crippen LogP contribution in [0.4, 0.5) is 0 Å². The number of hydrogen-bond donors (Lipinski definition) is 3. The molecule has 0 aromatic heterocycles. The summed E-state index contributed by atoms with van der Waals surface area (Å²) in [5.74, 6) is 0.353. The van der Waals surface area contributed by atoms with Crippen molar-refractivity contribution in [1.29, 1.82) is 0 Å². The molecular weight excluding hydrogens is 276 g/mol. The maximum atomic E-state index is 10.5. The molecule has 2 rings (SSSR count). The summed E-state index contributed by atoms with van der Waals surface area (Å²) >= 11 is 0. The normalized spacial score (nSPS) is 29.2. The molecule has 1 heterocycles. The third kappa shape index (κ3) is 4.67. The molecule has 4 nitrogen and oxygen atoms in total. The van der Waals surface area contributed by atoms with Crippen molar-refractivity contribution in [2.45, 2.75) is 90.6 Å². The first-order chi connectivity index (χ1) is 10.3. The molecule has 2 fully saturated rings. The van der Waals surface area contributed by atoms with Gasteiger partial charge >= 0.3 is 0 Å². The fourth-order valence-electron chi connectivity index (χ4n) is 4.33. The number of aliphatic hydroxyl groups is 2. The molecule has 22 heavy (non-hydrogen) atoms. The minimum atomic E-state index is -0.484. The molecule has 2 aliphatic rings. The maximum Gasteiger partial charge on any atom is 0.108 e. The number of aliphatic hydroxyl groups excluding tert-OH is 2. The number of rotatable bonds is 6. The van der Waals surface area contributed by atoms with E-state index in [9.17, 15) is 10.2 Å². The first kappa shape index (κ1) is 18.2. The largest absolute Gasteiger partial charge is 0.392 e. The molecule has 0 bridgehead atoms. The van der Waals surface area contributed by atoms with Gasteiger partial charge in [-0.3, -0.25) is 10.2 Å². The van der Waals surface area contributed by atoms with E-state index in [-0.39, 0.29) is 12.1 Å². The fraction of sp³-hybridized carbons (Fsp3) is 1.00. The van der Waals surface area contributed by atoms with Gasteiger partial charge in [0.15, 0.2) is 0 Å². The van der Waals surface area contributed by atoms with Crippen LogP contribution in [0.2, 0.25) is 0 Å². The van der Waals surface area contributed by atoms with Gasteiger partial charge in [-0.2, -0.15) is 0 Å². The van der Waals surface area contributed by atoms with Crippen molar-refractivity contribution in [3.8, 4) is 0 Å². The molecule has 4 atom stereocenters. The van der Waals surface area contributed by atoms with E-state index in [2.05, 4.69) is 31.0 Å². The highest BCUT2D eigenvalue weighted by atomic mass is 16.3. The third-order valence-corrected chi connectivity index (χ3v) is 5.75. The van der Waals surface area contributed by atoms with Crippen molar-refractivity contribution < 1.29 is 10.2 Å². The van der Waals surface area contributed by atoms with Crippen LogP contribution in [0.15, 0.2) is 0 Å². The molecule has 1 saturated heterocycles. The standard InChI is InChI=1S/C18H36N2O2/c1-13(20-11-7-10-18(3,4)12-20)16(14(2)21)19-17(22)15-8-5-6-9-15/h13-17,19,21-22H,5-12H2,1-4H3/t13-,14-,16+,17+/m1/s1. The van der Waals surface area contributed by atoms with Crippen LogP contribution in [-0.4, -0.2) is 52.6 Å². The Kier molecular flexibility index (Phi) is 6.29. The van der Waals surface area contributed by atoms with Crippen LogP contribution in [0.1, 0.15) is 66.2 Å². The summed E-state index contributed by atoms with van der Waals surface area (Å²) in [4.78, 5) is 2.48. The predicted molar refractivity (Wildman–Crippen MR) is 90.6 cm³/mol. The lowest BCUT2D eigenvalue weighted by atomic mass is 9.83. The molecule has 130 valence electrons. The number of nitrogens with one attached hydrogen (secondary N) is 1. The van der Waals surface area contributed by atoms with Crippen molar-refractivity contribution in [3.63, 3.8) is 0 Å². The highest BCUT2D eigenvalue weighted by Gasteiger charge is 2.35. The molecule has 1 aliphatic heterocycles. The highest BCUT2D eigenvalue weighted by Crippen LogP contribution is 2.31. The number of likely N-dealkylation sites (tertiary alicyclic amines) is 1. The van der Waals surface area contributed by atoms with E-state index in [1.807, 2.05) is 6.92 Å². The Morgan fingerprint density at radius 1 is 1.09 bits per heavy atom. The second-order valence-electron chi connectivity index (χ2n) is 8.40.